The molecule has 2 atom stereocenters. The van der Waals surface area contributed by atoms with Gasteiger partial charge in [-0.3, -0.25) is 14.5 Å². The molecule has 1 saturated heterocycles. The third-order valence-corrected chi connectivity index (χ3v) is 5.28. The van der Waals surface area contributed by atoms with E-state index in [1.807, 2.05) is 60.7 Å². The molecule has 0 saturated carbocycles. The smallest absolute Gasteiger partial charge is 0.411 e. The molecule has 3 aromatic carbocycles. The van der Waals surface area contributed by atoms with Gasteiger partial charge in [0.05, 0.1) is 13.0 Å². The Morgan fingerprint density at radius 2 is 1.56 bits per heavy atom. The maximum Gasteiger partial charge on any atom is 0.411 e. The molecule has 32 heavy (non-hydrogen) atoms. The number of hydrogen-bond acceptors (Lipinski definition) is 4. The minimum Gasteiger partial charge on any atom is -0.438 e. The second-order valence-corrected chi connectivity index (χ2v) is 7.60. The van der Waals surface area contributed by atoms with Crippen LogP contribution in [0.4, 0.5) is 10.5 Å². The number of benzene rings is 3. The van der Waals surface area contributed by atoms with Crippen molar-refractivity contribution in [3.8, 4) is 0 Å². The molecular formula is C25H23N3O4. The molecule has 162 valence electrons. The molecule has 0 bridgehead atoms. The molecule has 3 amide bonds. The van der Waals surface area contributed by atoms with Crippen LogP contribution in [0, 0.1) is 0 Å². The van der Waals surface area contributed by atoms with E-state index in [4.69, 9.17) is 10.5 Å². The molecule has 0 unspecified atom stereocenters. The number of ether oxygens (including phenoxy) is 1. The van der Waals surface area contributed by atoms with Gasteiger partial charge < -0.3 is 15.8 Å². The molecule has 0 radical (unpaired) electrons. The number of nitrogens with one attached hydrogen (secondary N) is 1. The van der Waals surface area contributed by atoms with Crippen LogP contribution in [0.25, 0.3) is 0 Å². The van der Waals surface area contributed by atoms with Crippen molar-refractivity contribution in [2.75, 3.05) is 5.32 Å². The Bertz CT molecular complexity index is 1120. The Hall–Kier alpha value is -4.13. The predicted octanol–water partition coefficient (Wildman–Crippen LogP) is 3.42. The summed E-state index contributed by atoms with van der Waals surface area (Å²) in [7, 11) is 0. The van der Waals surface area contributed by atoms with Gasteiger partial charge in [0.25, 0.3) is 0 Å². The second-order valence-electron chi connectivity index (χ2n) is 7.60. The zero-order valence-corrected chi connectivity index (χ0v) is 17.3. The summed E-state index contributed by atoms with van der Waals surface area (Å²) in [4.78, 5) is 38.6. The van der Waals surface area contributed by atoms with Gasteiger partial charge in [0.1, 0.15) is 0 Å². The van der Waals surface area contributed by atoms with E-state index in [2.05, 4.69) is 5.32 Å². The number of carbonyl (C=O) groups is 3. The lowest BCUT2D eigenvalue weighted by atomic mass is 10.0. The van der Waals surface area contributed by atoms with Crippen molar-refractivity contribution in [3.05, 3.63) is 102 Å². The quantitative estimate of drug-likeness (QED) is 0.601. The van der Waals surface area contributed by atoms with Crippen molar-refractivity contribution in [3.63, 3.8) is 0 Å². The normalized spacial score (nSPS) is 17.6. The van der Waals surface area contributed by atoms with Crippen molar-refractivity contribution >= 4 is 23.6 Å². The van der Waals surface area contributed by atoms with Crippen molar-refractivity contribution < 1.29 is 19.1 Å². The van der Waals surface area contributed by atoms with Gasteiger partial charge in [-0.25, -0.2) is 4.79 Å². The maximum absolute atomic E-state index is 12.6. The minimum absolute atomic E-state index is 0.172. The standard InChI is InChI=1S/C25H23N3O4/c26-24(30)22-23(32-25(31)28(22)16-18-10-5-2-6-11-18)19-12-7-13-20(15-19)27-21(29)14-17-8-3-1-4-9-17/h1-13,15,22-23H,14,16H2,(H2,26,30)(H,27,29)/t22-,23+/m0/s1. The van der Waals surface area contributed by atoms with E-state index in [0.717, 1.165) is 11.1 Å². The number of nitrogens with two attached hydrogens (primary N) is 1. The Morgan fingerprint density at radius 1 is 0.906 bits per heavy atom. The zero-order chi connectivity index (χ0) is 22.5. The molecule has 1 heterocycles. The fourth-order valence-electron chi connectivity index (χ4n) is 3.79. The Morgan fingerprint density at radius 3 is 2.22 bits per heavy atom. The van der Waals surface area contributed by atoms with E-state index >= 15 is 0 Å². The topological polar surface area (TPSA) is 102 Å². The van der Waals surface area contributed by atoms with E-state index in [0.29, 0.717) is 11.3 Å². The molecule has 7 nitrogen and oxygen atoms in total. The molecule has 1 aliphatic heterocycles. The van der Waals surface area contributed by atoms with Crippen LogP contribution in [0.1, 0.15) is 22.8 Å². The lowest BCUT2D eigenvalue weighted by Gasteiger charge is -2.22. The molecular weight excluding hydrogens is 406 g/mol. The van der Waals surface area contributed by atoms with Gasteiger partial charge in [0.15, 0.2) is 12.1 Å². The van der Waals surface area contributed by atoms with Crippen molar-refractivity contribution in [2.45, 2.75) is 25.1 Å². The summed E-state index contributed by atoms with van der Waals surface area (Å²) in [5.74, 6) is -0.829. The second kappa shape index (κ2) is 9.34. The number of primary amides is 1. The third kappa shape index (κ3) is 4.78. The molecule has 1 aliphatic rings. The maximum atomic E-state index is 12.6. The molecule has 1 fully saturated rings. The number of hydrogen-bond donors (Lipinski definition) is 2. The average molecular weight is 429 g/mol. The van der Waals surface area contributed by atoms with Gasteiger partial charge in [0.2, 0.25) is 11.8 Å². The van der Waals surface area contributed by atoms with E-state index in [1.54, 1.807) is 24.3 Å². The highest BCUT2D eigenvalue weighted by molar-refractivity contribution is 5.92. The SMILES string of the molecule is NC(=O)[C@@H]1[C@@H](c2cccc(NC(=O)Cc3ccccc3)c2)OC(=O)N1Cc1ccccc1. The van der Waals surface area contributed by atoms with Crippen LogP contribution in [0.3, 0.4) is 0 Å². The average Bonchev–Trinajstić information content (AvgIpc) is 3.11. The Kier molecular flexibility index (Phi) is 6.17. The van der Waals surface area contributed by atoms with Crippen molar-refractivity contribution in [1.29, 1.82) is 0 Å². The van der Waals surface area contributed by atoms with E-state index in [9.17, 15) is 14.4 Å². The van der Waals surface area contributed by atoms with Gasteiger partial charge in [-0.2, -0.15) is 0 Å². The van der Waals surface area contributed by atoms with Crippen LogP contribution in [0.15, 0.2) is 84.9 Å². The monoisotopic (exact) mass is 429 g/mol. The summed E-state index contributed by atoms with van der Waals surface area (Å²) >= 11 is 0. The number of anilines is 1. The lowest BCUT2D eigenvalue weighted by molar-refractivity contribution is -0.123. The predicted molar refractivity (Wildman–Crippen MR) is 119 cm³/mol. The molecule has 7 heteroatoms. The van der Waals surface area contributed by atoms with Crippen molar-refractivity contribution in [1.82, 2.24) is 4.90 Å². The zero-order valence-electron chi connectivity index (χ0n) is 17.3. The summed E-state index contributed by atoms with van der Waals surface area (Å²) in [5, 5.41) is 2.85. The summed E-state index contributed by atoms with van der Waals surface area (Å²) in [6, 6.07) is 24.7. The molecule has 3 N–H and O–H groups in total. The highest BCUT2D eigenvalue weighted by Gasteiger charge is 2.46. The fraction of sp³-hybridized carbons (Fsp3) is 0.160. The molecule has 0 spiro atoms. The van der Waals surface area contributed by atoms with Crippen LogP contribution in [-0.2, 0) is 27.3 Å². The number of rotatable bonds is 7. The first-order valence-corrected chi connectivity index (χ1v) is 10.3. The first-order chi connectivity index (χ1) is 15.5. The Balaban J connectivity index is 1.51. The number of carbonyl (C=O) groups excluding carboxylic acids is 3. The Labute approximate surface area is 185 Å². The van der Waals surface area contributed by atoms with Gasteiger partial charge in [0, 0.05) is 5.69 Å². The lowest BCUT2D eigenvalue weighted by Crippen LogP contribution is -2.43. The first-order valence-electron chi connectivity index (χ1n) is 10.3. The molecule has 0 aliphatic carbocycles. The molecule has 3 aromatic rings. The highest BCUT2D eigenvalue weighted by atomic mass is 16.6. The minimum atomic E-state index is -0.960. The molecule has 4 rings (SSSR count). The van der Waals surface area contributed by atoms with E-state index in [-0.39, 0.29) is 18.9 Å². The number of nitrogens with zero attached hydrogens (tertiary/aromatic N) is 1. The highest BCUT2D eigenvalue weighted by Crippen LogP contribution is 2.34. The van der Waals surface area contributed by atoms with Crippen LogP contribution in [0.5, 0.6) is 0 Å². The van der Waals surface area contributed by atoms with Crippen LogP contribution >= 0.6 is 0 Å². The number of cyclic esters (lactones) is 1. The van der Waals surface area contributed by atoms with Gasteiger partial charge in [-0.05, 0) is 28.8 Å². The third-order valence-electron chi connectivity index (χ3n) is 5.28. The number of amides is 3. The van der Waals surface area contributed by atoms with E-state index in [1.165, 1.54) is 4.90 Å². The van der Waals surface area contributed by atoms with Gasteiger partial charge in [-0.15, -0.1) is 0 Å². The van der Waals surface area contributed by atoms with Crippen LogP contribution in [-0.4, -0.2) is 28.8 Å². The first kappa shape index (κ1) is 21.1. The van der Waals surface area contributed by atoms with Crippen LogP contribution in [0.2, 0.25) is 0 Å². The summed E-state index contributed by atoms with van der Waals surface area (Å²) in [6.45, 7) is 0.206. The summed E-state index contributed by atoms with van der Waals surface area (Å²) in [6.07, 6.45) is -1.24. The van der Waals surface area contributed by atoms with Gasteiger partial charge >= 0.3 is 6.09 Å². The summed E-state index contributed by atoms with van der Waals surface area (Å²) in [5.41, 5.74) is 8.54. The van der Waals surface area contributed by atoms with E-state index < -0.39 is 24.1 Å². The molecule has 0 aromatic heterocycles. The largest absolute Gasteiger partial charge is 0.438 e. The van der Waals surface area contributed by atoms with Gasteiger partial charge in [-0.1, -0.05) is 72.8 Å². The fourth-order valence-corrected chi connectivity index (χ4v) is 3.79. The van der Waals surface area contributed by atoms with Crippen LogP contribution < -0.4 is 11.1 Å². The summed E-state index contributed by atoms with van der Waals surface area (Å²) < 4.78 is 5.54. The van der Waals surface area contributed by atoms with Crippen molar-refractivity contribution in [2.24, 2.45) is 5.73 Å².